The molecule has 10 heteroatoms. The molecule has 4 N–H and O–H groups in total. The van der Waals surface area contributed by atoms with E-state index in [9.17, 15) is 14.4 Å². The first-order valence-corrected chi connectivity index (χ1v) is 8.44. The predicted octanol–water partition coefficient (Wildman–Crippen LogP) is -1.46. The summed E-state index contributed by atoms with van der Waals surface area (Å²) in [5.74, 6) is 0.0948. The van der Waals surface area contributed by atoms with Crippen LogP contribution in [0.2, 0.25) is 0 Å². The highest BCUT2D eigenvalue weighted by atomic mass is 16.2. The largest absolute Gasteiger partial charge is 0.356 e. The molecule has 0 aromatic carbocycles. The molecule has 138 valence electrons. The zero-order chi connectivity index (χ0) is 18.4. The summed E-state index contributed by atoms with van der Waals surface area (Å²) in [6.07, 6.45) is 2.18. The Balaban J connectivity index is 1.53. The number of piperazine rings is 1. The van der Waals surface area contributed by atoms with Gasteiger partial charge in [0.15, 0.2) is 0 Å². The van der Waals surface area contributed by atoms with E-state index in [0.29, 0.717) is 38.4 Å². The van der Waals surface area contributed by atoms with E-state index in [1.807, 2.05) is 23.1 Å². The van der Waals surface area contributed by atoms with Crippen molar-refractivity contribution in [1.82, 2.24) is 35.7 Å². The first-order chi connectivity index (χ1) is 12.6. The third kappa shape index (κ3) is 4.76. The number of hydrogen-bond donors (Lipinski definition) is 4. The highest BCUT2D eigenvalue weighted by Crippen LogP contribution is 2.12. The number of pyridine rings is 1. The normalized spacial score (nSPS) is 17.7. The van der Waals surface area contributed by atoms with Gasteiger partial charge >= 0.3 is 5.69 Å². The molecular weight excluding hydrogens is 338 g/mol. The molecule has 3 heterocycles. The monoisotopic (exact) mass is 359 g/mol. The molecule has 2 aromatic heterocycles. The lowest BCUT2D eigenvalue weighted by molar-refractivity contribution is -0.134. The van der Waals surface area contributed by atoms with Gasteiger partial charge in [-0.15, -0.1) is 0 Å². The zero-order valence-corrected chi connectivity index (χ0v) is 14.2. The predicted molar refractivity (Wildman–Crippen MR) is 92.0 cm³/mol. The average molecular weight is 359 g/mol. The Labute approximate surface area is 149 Å². The van der Waals surface area contributed by atoms with Crippen LogP contribution in [0.5, 0.6) is 0 Å². The second-order valence-electron chi connectivity index (χ2n) is 6.03. The molecule has 1 atom stereocenters. The van der Waals surface area contributed by atoms with Gasteiger partial charge in [-0.25, -0.2) is 9.89 Å². The third-order valence-electron chi connectivity index (χ3n) is 4.15. The number of carbonyl (C=O) groups excluding carboxylic acids is 2. The van der Waals surface area contributed by atoms with E-state index in [-0.39, 0.29) is 23.9 Å². The fraction of sp³-hybridized carbons (Fsp3) is 0.438. The summed E-state index contributed by atoms with van der Waals surface area (Å²) in [4.78, 5) is 44.2. The zero-order valence-electron chi connectivity index (χ0n) is 14.2. The smallest absolute Gasteiger partial charge is 0.340 e. The molecule has 0 unspecified atom stereocenters. The molecule has 1 saturated heterocycles. The van der Waals surface area contributed by atoms with E-state index < -0.39 is 6.04 Å². The molecular formula is C16H21N7O3. The van der Waals surface area contributed by atoms with E-state index >= 15 is 0 Å². The Morgan fingerprint density at radius 1 is 1.35 bits per heavy atom. The van der Waals surface area contributed by atoms with Gasteiger partial charge in [-0.05, 0) is 12.1 Å². The lowest BCUT2D eigenvalue weighted by Gasteiger charge is -2.34. The molecule has 1 aliphatic heterocycles. The van der Waals surface area contributed by atoms with E-state index in [1.54, 1.807) is 6.20 Å². The van der Waals surface area contributed by atoms with Gasteiger partial charge in [-0.1, -0.05) is 6.07 Å². The number of amides is 2. The Bertz CT molecular complexity index is 801. The minimum Gasteiger partial charge on any atom is -0.356 e. The highest BCUT2D eigenvalue weighted by molar-refractivity contribution is 5.88. The van der Waals surface area contributed by atoms with Crippen LogP contribution in [0.25, 0.3) is 0 Å². The second kappa shape index (κ2) is 8.39. The van der Waals surface area contributed by atoms with Crippen molar-refractivity contribution in [1.29, 1.82) is 0 Å². The molecule has 10 nitrogen and oxygen atoms in total. The maximum Gasteiger partial charge on any atom is 0.340 e. The number of aromatic amines is 2. The first kappa shape index (κ1) is 17.8. The maximum atomic E-state index is 12.2. The number of carbonyl (C=O) groups is 2. The van der Waals surface area contributed by atoms with Crippen molar-refractivity contribution in [2.45, 2.75) is 25.4 Å². The fourth-order valence-electron chi connectivity index (χ4n) is 2.86. The van der Waals surface area contributed by atoms with E-state index in [2.05, 4.69) is 30.8 Å². The Morgan fingerprint density at radius 3 is 2.96 bits per heavy atom. The first-order valence-electron chi connectivity index (χ1n) is 8.44. The van der Waals surface area contributed by atoms with Crippen molar-refractivity contribution in [3.8, 4) is 0 Å². The number of H-pyrrole nitrogens is 2. The summed E-state index contributed by atoms with van der Waals surface area (Å²) in [5.41, 5.74) is 0.477. The minimum absolute atomic E-state index is 0.0652. The summed E-state index contributed by atoms with van der Waals surface area (Å²) in [7, 11) is 0. The average Bonchev–Trinajstić information content (AvgIpc) is 3.04. The van der Waals surface area contributed by atoms with Crippen molar-refractivity contribution < 1.29 is 9.59 Å². The standard InChI is InChI=1S/C16H21N7O3/c24-14(18-6-4-13-20-16(26)22-21-13)9-12-15(25)19-7-8-23(12)10-11-3-1-2-5-17-11/h1-3,5,12H,4,6-10H2,(H,18,24)(H,19,25)(H2,20,21,22,26)/t12-/m1/s1. The maximum absolute atomic E-state index is 12.2. The van der Waals surface area contributed by atoms with Gasteiger partial charge in [0.1, 0.15) is 5.82 Å². The van der Waals surface area contributed by atoms with E-state index in [4.69, 9.17) is 0 Å². The number of aromatic nitrogens is 4. The molecule has 3 rings (SSSR count). The number of rotatable bonds is 7. The Kier molecular flexibility index (Phi) is 5.74. The summed E-state index contributed by atoms with van der Waals surface area (Å²) in [6.45, 7) is 2.06. The van der Waals surface area contributed by atoms with Gasteiger partial charge < -0.3 is 10.6 Å². The van der Waals surface area contributed by atoms with Gasteiger partial charge in [0.25, 0.3) is 0 Å². The van der Waals surface area contributed by atoms with Crippen molar-refractivity contribution in [3.05, 3.63) is 46.4 Å². The van der Waals surface area contributed by atoms with Crippen LogP contribution < -0.4 is 16.3 Å². The Hall–Kier alpha value is -3.01. The van der Waals surface area contributed by atoms with E-state index in [0.717, 1.165) is 5.69 Å². The SMILES string of the molecule is O=C(C[C@@H]1C(=O)NCCN1Cc1ccccn1)NCCc1n[nH]c(=O)[nH]1. The number of nitrogens with one attached hydrogen (secondary N) is 4. The highest BCUT2D eigenvalue weighted by Gasteiger charge is 2.31. The molecule has 0 spiro atoms. The van der Waals surface area contributed by atoms with Crippen LogP contribution in [0.15, 0.2) is 29.2 Å². The Morgan fingerprint density at radius 2 is 2.23 bits per heavy atom. The topological polar surface area (TPSA) is 136 Å². The van der Waals surface area contributed by atoms with Crippen molar-refractivity contribution in [2.75, 3.05) is 19.6 Å². The molecule has 0 bridgehead atoms. The van der Waals surface area contributed by atoms with Crippen molar-refractivity contribution in [3.63, 3.8) is 0 Å². The minimum atomic E-state index is -0.532. The van der Waals surface area contributed by atoms with Gasteiger partial charge in [0.2, 0.25) is 11.8 Å². The quantitative estimate of drug-likeness (QED) is 0.477. The molecule has 2 amide bonds. The van der Waals surface area contributed by atoms with Crippen LogP contribution in [0.1, 0.15) is 17.9 Å². The molecule has 1 aliphatic rings. The fourth-order valence-corrected chi connectivity index (χ4v) is 2.86. The molecule has 26 heavy (non-hydrogen) atoms. The lowest BCUT2D eigenvalue weighted by atomic mass is 10.1. The van der Waals surface area contributed by atoms with Crippen molar-refractivity contribution in [2.24, 2.45) is 0 Å². The van der Waals surface area contributed by atoms with Gasteiger partial charge in [-0.3, -0.25) is 24.5 Å². The summed E-state index contributed by atoms with van der Waals surface area (Å²) >= 11 is 0. The lowest BCUT2D eigenvalue weighted by Crippen LogP contribution is -2.56. The molecule has 0 radical (unpaired) electrons. The van der Waals surface area contributed by atoms with Crippen LogP contribution in [-0.4, -0.2) is 62.6 Å². The summed E-state index contributed by atoms with van der Waals surface area (Å²) in [5, 5.41) is 11.6. The second-order valence-corrected chi connectivity index (χ2v) is 6.03. The number of hydrogen-bond acceptors (Lipinski definition) is 6. The summed E-state index contributed by atoms with van der Waals surface area (Å²) < 4.78 is 0. The molecule has 2 aromatic rings. The van der Waals surface area contributed by atoms with Crippen LogP contribution in [0.3, 0.4) is 0 Å². The van der Waals surface area contributed by atoms with Crippen LogP contribution >= 0.6 is 0 Å². The van der Waals surface area contributed by atoms with E-state index in [1.165, 1.54) is 0 Å². The third-order valence-corrected chi connectivity index (χ3v) is 4.15. The molecule has 1 fully saturated rings. The van der Waals surface area contributed by atoms with Gasteiger partial charge in [0, 0.05) is 38.8 Å². The number of nitrogens with zero attached hydrogens (tertiary/aromatic N) is 3. The van der Waals surface area contributed by atoms with Crippen LogP contribution in [-0.2, 0) is 22.6 Å². The van der Waals surface area contributed by atoms with Crippen LogP contribution in [0.4, 0.5) is 0 Å². The molecule has 0 saturated carbocycles. The van der Waals surface area contributed by atoms with Crippen molar-refractivity contribution >= 4 is 11.8 Å². The summed E-state index contributed by atoms with van der Waals surface area (Å²) in [6, 6.07) is 5.10. The molecule has 0 aliphatic carbocycles. The van der Waals surface area contributed by atoms with Crippen LogP contribution in [0, 0.1) is 0 Å². The van der Waals surface area contributed by atoms with Gasteiger partial charge in [0.05, 0.1) is 18.2 Å². The van der Waals surface area contributed by atoms with Gasteiger partial charge in [-0.2, -0.15) is 5.10 Å².